The van der Waals surface area contributed by atoms with Gasteiger partial charge in [-0.3, -0.25) is 4.79 Å². The first-order valence-corrected chi connectivity index (χ1v) is 9.73. The van der Waals surface area contributed by atoms with Gasteiger partial charge in [-0.25, -0.2) is 9.37 Å². The summed E-state index contributed by atoms with van der Waals surface area (Å²) >= 11 is 1.42. The van der Waals surface area contributed by atoms with Crippen LogP contribution in [0, 0.1) is 11.7 Å². The Kier molecular flexibility index (Phi) is 10.2. The number of nitrogens with zero attached hydrogens (tertiary/aromatic N) is 2. The van der Waals surface area contributed by atoms with E-state index in [0.717, 1.165) is 44.0 Å². The Morgan fingerprint density at radius 3 is 2.67 bits per heavy atom. The first-order chi connectivity index (χ1) is 12.2. The molecule has 1 aromatic heterocycles. The number of rotatable bonds is 6. The van der Waals surface area contributed by atoms with Crippen LogP contribution in [-0.4, -0.2) is 42.0 Å². The quantitative estimate of drug-likeness (QED) is 0.742. The average Bonchev–Trinajstić information content (AvgIpc) is 3.10. The SMILES string of the molecule is CCNCC1CCN(C(=O)c2csc(Cc3ccccc3F)n2)CC1.Cl.Cl. The molecule has 2 heterocycles. The van der Waals surface area contributed by atoms with Gasteiger partial charge in [0, 0.05) is 24.9 Å². The molecule has 1 N–H and O–H groups in total. The number of halogens is 3. The lowest BCUT2D eigenvalue weighted by Crippen LogP contribution is -2.40. The maximum absolute atomic E-state index is 13.8. The Morgan fingerprint density at radius 2 is 2.00 bits per heavy atom. The van der Waals surface area contributed by atoms with E-state index in [9.17, 15) is 9.18 Å². The first kappa shape index (κ1) is 23.8. The van der Waals surface area contributed by atoms with E-state index in [1.54, 1.807) is 17.5 Å². The van der Waals surface area contributed by atoms with Gasteiger partial charge >= 0.3 is 0 Å². The van der Waals surface area contributed by atoms with Crippen molar-refractivity contribution >= 4 is 42.1 Å². The number of amides is 1. The van der Waals surface area contributed by atoms with Crippen molar-refractivity contribution in [3.63, 3.8) is 0 Å². The Hall–Kier alpha value is -1.21. The van der Waals surface area contributed by atoms with Gasteiger partial charge in [-0.1, -0.05) is 25.1 Å². The number of carbonyl (C=O) groups is 1. The Morgan fingerprint density at radius 1 is 1.30 bits per heavy atom. The van der Waals surface area contributed by atoms with Crippen molar-refractivity contribution in [2.75, 3.05) is 26.2 Å². The number of likely N-dealkylation sites (tertiary alicyclic amines) is 1. The van der Waals surface area contributed by atoms with Crippen LogP contribution in [0.5, 0.6) is 0 Å². The van der Waals surface area contributed by atoms with E-state index in [1.165, 1.54) is 17.4 Å². The summed E-state index contributed by atoms with van der Waals surface area (Å²) in [4.78, 5) is 19.0. The summed E-state index contributed by atoms with van der Waals surface area (Å²) in [5, 5.41) is 5.95. The van der Waals surface area contributed by atoms with Crippen LogP contribution in [0.4, 0.5) is 4.39 Å². The highest BCUT2D eigenvalue weighted by Gasteiger charge is 2.24. The molecule has 0 radical (unpaired) electrons. The zero-order valence-corrected chi connectivity index (χ0v) is 17.8. The molecule has 1 amide bonds. The number of carbonyl (C=O) groups excluding carboxylic acids is 1. The molecule has 3 rings (SSSR count). The fraction of sp³-hybridized carbons (Fsp3) is 0.474. The zero-order valence-electron chi connectivity index (χ0n) is 15.3. The van der Waals surface area contributed by atoms with Crippen molar-refractivity contribution in [2.24, 2.45) is 5.92 Å². The summed E-state index contributed by atoms with van der Waals surface area (Å²) in [5.74, 6) is 0.419. The lowest BCUT2D eigenvalue weighted by molar-refractivity contribution is 0.0685. The molecular weight excluding hydrogens is 408 g/mol. The molecule has 0 saturated carbocycles. The van der Waals surface area contributed by atoms with Gasteiger partial charge in [0.25, 0.3) is 5.91 Å². The van der Waals surface area contributed by atoms with Crippen LogP contribution in [0.3, 0.4) is 0 Å². The first-order valence-electron chi connectivity index (χ1n) is 8.85. The molecule has 2 aromatic rings. The second kappa shape index (κ2) is 11.6. The normalized spacial score (nSPS) is 14.4. The number of aromatic nitrogens is 1. The minimum atomic E-state index is -0.228. The van der Waals surface area contributed by atoms with E-state index in [1.807, 2.05) is 11.0 Å². The molecule has 1 saturated heterocycles. The number of hydrogen-bond acceptors (Lipinski definition) is 4. The van der Waals surface area contributed by atoms with Crippen LogP contribution in [0.25, 0.3) is 0 Å². The lowest BCUT2D eigenvalue weighted by Gasteiger charge is -2.31. The van der Waals surface area contributed by atoms with Crippen molar-refractivity contribution < 1.29 is 9.18 Å². The van der Waals surface area contributed by atoms with E-state index in [2.05, 4.69) is 17.2 Å². The fourth-order valence-corrected chi connectivity index (χ4v) is 3.94. The molecule has 27 heavy (non-hydrogen) atoms. The second-order valence-corrected chi connectivity index (χ2v) is 7.38. The van der Waals surface area contributed by atoms with Crippen molar-refractivity contribution in [2.45, 2.75) is 26.2 Å². The molecule has 150 valence electrons. The molecule has 0 atom stereocenters. The molecule has 1 aliphatic heterocycles. The van der Waals surface area contributed by atoms with Crippen LogP contribution in [0.1, 0.15) is 40.8 Å². The summed E-state index contributed by atoms with van der Waals surface area (Å²) < 4.78 is 13.8. The van der Waals surface area contributed by atoms with Crippen molar-refractivity contribution in [1.29, 1.82) is 0 Å². The van der Waals surface area contributed by atoms with Crippen molar-refractivity contribution in [3.8, 4) is 0 Å². The third kappa shape index (κ3) is 6.42. The van der Waals surface area contributed by atoms with Gasteiger partial charge in [0.05, 0.1) is 5.01 Å². The summed E-state index contributed by atoms with van der Waals surface area (Å²) in [5.41, 5.74) is 1.10. The van der Waals surface area contributed by atoms with E-state index in [-0.39, 0.29) is 36.5 Å². The minimum Gasteiger partial charge on any atom is -0.337 e. The van der Waals surface area contributed by atoms with Gasteiger partial charge in [-0.15, -0.1) is 36.2 Å². The third-order valence-corrected chi connectivity index (χ3v) is 5.50. The molecule has 1 aromatic carbocycles. The van der Waals surface area contributed by atoms with E-state index >= 15 is 0 Å². The van der Waals surface area contributed by atoms with Gasteiger partial charge in [0.1, 0.15) is 11.5 Å². The number of piperidine rings is 1. The van der Waals surface area contributed by atoms with Gasteiger partial charge in [-0.2, -0.15) is 0 Å². The van der Waals surface area contributed by atoms with E-state index in [4.69, 9.17) is 0 Å². The number of hydrogen-bond donors (Lipinski definition) is 1. The number of nitrogens with one attached hydrogen (secondary N) is 1. The van der Waals surface area contributed by atoms with Crippen LogP contribution >= 0.6 is 36.2 Å². The zero-order chi connectivity index (χ0) is 17.6. The maximum atomic E-state index is 13.8. The summed E-state index contributed by atoms with van der Waals surface area (Å²) in [6.45, 7) is 5.70. The lowest BCUT2D eigenvalue weighted by atomic mass is 9.96. The van der Waals surface area contributed by atoms with Crippen LogP contribution < -0.4 is 5.32 Å². The monoisotopic (exact) mass is 433 g/mol. The van der Waals surface area contributed by atoms with Crippen molar-refractivity contribution in [3.05, 3.63) is 51.7 Å². The van der Waals surface area contributed by atoms with Crippen LogP contribution in [0.2, 0.25) is 0 Å². The number of benzene rings is 1. The molecule has 8 heteroatoms. The predicted molar refractivity (Wildman–Crippen MR) is 113 cm³/mol. The van der Waals surface area contributed by atoms with Crippen molar-refractivity contribution in [1.82, 2.24) is 15.2 Å². The average molecular weight is 434 g/mol. The summed E-state index contributed by atoms with van der Waals surface area (Å²) in [6.07, 6.45) is 2.49. The van der Waals surface area contributed by atoms with Gasteiger partial charge < -0.3 is 10.2 Å². The second-order valence-electron chi connectivity index (χ2n) is 6.44. The van der Waals surface area contributed by atoms with E-state index in [0.29, 0.717) is 23.6 Å². The standard InChI is InChI=1S/C19H24FN3OS.2ClH/c1-2-21-12-14-7-9-23(10-8-14)19(24)17-13-25-18(22-17)11-15-5-3-4-6-16(15)20;;/h3-6,13-14,21H,2,7-12H2,1H3;2*1H. The van der Waals surface area contributed by atoms with Crippen LogP contribution in [-0.2, 0) is 6.42 Å². The Balaban J connectivity index is 0.00000182. The molecule has 4 nitrogen and oxygen atoms in total. The molecule has 0 unspecified atom stereocenters. The fourth-order valence-electron chi connectivity index (χ4n) is 3.15. The molecule has 0 aliphatic carbocycles. The van der Waals surface area contributed by atoms with Gasteiger partial charge in [-0.05, 0) is 43.5 Å². The Labute approximate surface area is 176 Å². The van der Waals surface area contributed by atoms with E-state index < -0.39 is 0 Å². The summed E-state index contributed by atoms with van der Waals surface area (Å²) in [6, 6.07) is 6.70. The molecule has 0 bridgehead atoms. The highest BCUT2D eigenvalue weighted by molar-refractivity contribution is 7.09. The highest BCUT2D eigenvalue weighted by atomic mass is 35.5. The molecule has 1 fully saturated rings. The Bertz CT molecular complexity index is 720. The highest BCUT2D eigenvalue weighted by Crippen LogP contribution is 2.21. The topological polar surface area (TPSA) is 45.2 Å². The van der Waals surface area contributed by atoms with Crippen LogP contribution in [0.15, 0.2) is 29.6 Å². The molecule has 1 aliphatic rings. The number of thiazole rings is 1. The molecule has 0 spiro atoms. The minimum absolute atomic E-state index is 0. The van der Waals surface area contributed by atoms with Gasteiger partial charge in [0.2, 0.25) is 0 Å². The third-order valence-electron chi connectivity index (χ3n) is 4.66. The molecular formula is C19H26Cl2FN3OS. The van der Waals surface area contributed by atoms with Gasteiger partial charge in [0.15, 0.2) is 0 Å². The summed E-state index contributed by atoms with van der Waals surface area (Å²) in [7, 11) is 0. The smallest absolute Gasteiger partial charge is 0.273 e. The largest absolute Gasteiger partial charge is 0.337 e. The maximum Gasteiger partial charge on any atom is 0.273 e. The predicted octanol–water partition coefficient (Wildman–Crippen LogP) is 4.18.